The van der Waals surface area contributed by atoms with Gasteiger partial charge in [-0.3, -0.25) is 4.79 Å². The lowest BCUT2D eigenvalue weighted by Gasteiger charge is -2.07. The van der Waals surface area contributed by atoms with E-state index in [0.29, 0.717) is 16.8 Å². The lowest BCUT2D eigenvalue weighted by Crippen LogP contribution is -2.08. The van der Waals surface area contributed by atoms with Crippen molar-refractivity contribution in [2.24, 2.45) is 0 Å². The van der Waals surface area contributed by atoms with Crippen molar-refractivity contribution < 1.29 is 0 Å². The van der Waals surface area contributed by atoms with Crippen molar-refractivity contribution in [3.63, 3.8) is 0 Å². The van der Waals surface area contributed by atoms with Crippen LogP contribution in [-0.2, 0) is 0 Å². The minimum absolute atomic E-state index is 0.159. The van der Waals surface area contributed by atoms with Crippen LogP contribution in [-0.4, -0.2) is 26.5 Å². The van der Waals surface area contributed by atoms with E-state index in [4.69, 9.17) is 0 Å². The first-order valence-corrected chi connectivity index (χ1v) is 6.73. The Morgan fingerprint density at radius 2 is 2.16 bits per heavy atom. The Bertz CT molecular complexity index is 640. The van der Waals surface area contributed by atoms with Gasteiger partial charge in [0.25, 0.3) is 5.56 Å². The van der Waals surface area contributed by atoms with Gasteiger partial charge in [-0.1, -0.05) is 0 Å². The van der Waals surface area contributed by atoms with Crippen LogP contribution in [0.5, 0.6) is 0 Å². The number of anilines is 1. The van der Waals surface area contributed by atoms with Crippen LogP contribution in [0.3, 0.4) is 0 Å². The van der Waals surface area contributed by atoms with Gasteiger partial charge in [0, 0.05) is 30.1 Å². The first-order chi connectivity index (χ1) is 9.08. The quantitative estimate of drug-likeness (QED) is 0.654. The standard InChI is InChI=1S/C12H15N5OS/c1-4-13-11-14-6-7(2)10(17-11)19-12-15-8(3)5-9(18)16-12/h5-6H,4H2,1-3H3,(H,13,14,17)(H,15,16,18). The van der Waals surface area contributed by atoms with Crippen LogP contribution >= 0.6 is 11.8 Å². The normalized spacial score (nSPS) is 10.5. The van der Waals surface area contributed by atoms with Gasteiger partial charge in [-0.05, 0) is 32.5 Å². The maximum absolute atomic E-state index is 11.4. The lowest BCUT2D eigenvalue weighted by atomic mass is 10.4. The molecule has 0 aromatic carbocycles. The second-order valence-corrected chi connectivity index (χ2v) is 4.98. The molecule has 6 nitrogen and oxygen atoms in total. The minimum atomic E-state index is -0.159. The average Bonchev–Trinajstić information content (AvgIpc) is 2.32. The molecule has 2 aromatic rings. The molecular weight excluding hydrogens is 262 g/mol. The third-order valence-electron chi connectivity index (χ3n) is 2.30. The molecule has 2 N–H and O–H groups in total. The molecule has 0 spiro atoms. The van der Waals surface area contributed by atoms with Crippen molar-refractivity contribution in [1.82, 2.24) is 19.9 Å². The van der Waals surface area contributed by atoms with Crippen LogP contribution in [0.25, 0.3) is 0 Å². The number of rotatable bonds is 4. The molecule has 0 fully saturated rings. The van der Waals surface area contributed by atoms with Gasteiger partial charge in [0.15, 0.2) is 5.16 Å². The van der Waals surface area contributed by atoms with Crippen molar-refractivity contribution in [2.75, 3.05) is 11.9 Å². The summed E-state index contributed by atoms with van der Waals surface area (Å²) in [6, 6.07) is 1.46. The van der Waals surface area contributed by atoms with Crippen LogP contribution in [0.15, 0.2) is 27.2 Å². The second-order valence-electron chi connectivity index (χ2n) is 4.01. The Labute approximate surface area is 115 Å². The van der Waals surface area contributed by atoms with E-state index in [0.717, 1.165) is 17.1 Å². The molecule has 0 unspecified atom stereocenters. The molecule has 0 aliphatic carbocycles. The van der Waals surface area contributed by atoms with E-state index < -0.39 is 0 Å². The number of hydrogen-bond acceptors (Lipinski definition) is 6. The highest BCUT2D eigenvalue weighted by atomic mass is 32.2. The molecule has 0 amide bonds. The summed E-state index contributed by atoms with van der Waals surface area (Å²) in [7, 11) is 0. The fraction of sp³-hybridized carbons (Fsp3) is 0.333. The highest BCUT2D eigenvalue weighted by molar-refractivity contribution is 7.99. The molecule has 2 heterocycles. The van der Waals surface area contributed by atoms with E-state index in [-0.39, 0.29) is 5.56 Å². The summed E-state index contributed by atoms with van der Waals surface area (Å²) in [6.07, 6.45) is 1.75. The number of aryl methyl sites for hydroxylation is 2. The molecule has 0 saturated carbocycles. The Morgan fingerprint density at radius 1 is 1.37 bits per heavy atom. The average molecular weight is 277 g/mol. The molecule has 100 valence electrons. The molecule has 7 heteroatoms. The number of nitrogens with one attached hydrogen (secondary N) is 2. The number of H-pyrrole nitrogens is 1. The van der Waals surface area contributed by atoms with Gasteiger partial charge >= 0.3 is 0 Å². The molecule has 0 saturated heterocycles. The monoisotopic (exact) mass is 277 g/mol. The van der Waals surface area contributed by atoms with Gasteiger partial charge in [-0.25, -0.2) is 15.0 Å². The molecule has 0 aliphatic rings. The zero-order chi connectivity index (χ0) is 13.8. The SMILES string of the molecule is CCNc1ncc(C)c(Sc2nc(C)cc(=O)[nH]2)n1. The van der Waals surface area contributed by atoms with Gasteiger partial charge in [0.1, 0.15) is 5.03 Å². The van der Waals surface area contributed by atoms with Crippen LogP contribution in [0.1, 0.15) is 18.2 Å². The van der Waals surface area contributed by atoms with Crippen molar-refractivity contribution >= 4 is 17.7 Å². The number of hydrogen-bond donors (Lipinski definition) is 2. The van der Waals surface area contributed by atoms with E-state index in [1.54, 1.807) is 13.1 Å². The summed E-state index contributed by atoms with van der Waals surface area (Å²) in [5.41, 5.74) is 1.47. The lowest BCUT2D eigenvalue weighted by molar-refractivity contribution is 0.896. The van der Waals surface area contributed by atoms with Gasteiger partial charge in [-0.15, -0.1) is 0 Å². The minimum Gasteiger partial charge on any atom is -0.354 e. The summed E-state index contributed by atoms with van der Waals surface area (Å²) >= 11 is 1.32. The van der Waals surface area contributed by atoms with Crippen molar-refractivity contribution in [3.05, 3.63) is 33.9 Å². The Morgan fingerprint density at radius 3 is 2.84 bits per heavy atom. The van der Waals surface area contributed by atoms with Crippen molar-refractivity contribution in [3.8, 4) is 0 Å². The third kappa shape index (κ3) is 3.54. The molecular formula is C12H15N5OS. The summed E-state index contributed by atoms with van der Waals surface area (Å²) < 4.78 is 0. The smallest absolute Gasteiger partial charge is 0.251 e. The van der Waals surface area contributed by atoms with Crippen LogP contribution in [0, 0.1) is 13.8 Å². The fourth-order valence-corrected chi connectivity index (χ4v) is 2.33. The molecule has 0 aliphatic heterocycles. The molecule has 19 heavy (non-hydrogen) atoms. The van der Waals surface area contributed by atoms with E-state index in [2.05, 4.69) is 25.3 Å². The molecule has 0 radical (unpaired) electrons. The summed E-state index contributed by atoms with van der Waals surface area (Å²) in [4.78, 5) is 26.9. The predicted molar refractivity (Wildman–Crippen MR) is 74.7 cm³/mol. The first-order valence-electron chi connectivity index (χ1n) is 5.92. The zero-order valence-electron chi connectivity index (χ0n) is 11.0. The van der Waals surface area contributed by atoms with Gasteiger partial charge < -0.3 is 10.3 Å². The van der Waals surface area contributed by atoms with E-state index in [1.807, 2.05) is 13.8 Å². The fourth-order valence-electron chi connectivity index (χ4n) is 1.46. The van der Waals surface area contributed by atoms with Gasteiger partial charge in [-0.2, -0.15) is 0 Å². The maximum Gasteiger partial charge on any atom is 0.251 e. The summed E-state index contributed by atoms with van der Waals surface area (Å²) in [6.45, 7) is 6.45. The predicted octanol–water partition coefficient (Wildman–Crippen LogP) is 1.76. The van der Waals surface area contributed by atoms with Crippen LogP contribution in [0.2, 0.25) is 0 Å². The summed E-state index contributed by atoms with van der Waals surface area (Å²) in [5.74, 6) is 0.575. The Kier molecular flexibility index (Phi) is 4.16. The van der Waals surface area contributed by atoms with Crippen LogP contribution in [0.4, 0.5) is 5.95 Å². The van der Waals surface area contributed by atoms with Crippen LogP contribution < -0.4 is 10.9 Å². The summed E-state index contributed by atoms with van der Waals surface area (Å²) in [5, 5.41) is 4.37. The molecule has 2 aromatic heterocycles. The maximum atomic E-state index is 11.4. The zero-order valence-corrected chi connectivity index (χ0v) is 11.8. The number of nitrogens with zero attached hydrogens (tertiary/aromatic N) is 3. The third-order valence-corrected chi connectivity index (χ3v) is 3.29. The Balaban J connectivity index is 2.31. The topological polar surface area (TPSA) is 83.6 Å². The molecule has 0 atom stereocenters. The highest BCUT2D eigenvalue weighted by Crippen LogP contribution is 2.25. The second kappa shape index (κ2) is 5.83. The molecule has 2 rings (SSSR count). The van der Waals surface area contributed by atoms with Gasteiger partial charge in [0.05, 0.1) is 0 Å². The number of aromatic nitrogens is 4. The highest BCUT2D eigenvalue weighted by Gasteiger charge is 2.08. The largest absolute Gasteiger partial charge is 0.354 e. The van der Waals surface area contributed by atoms with E-state index in [1.165, 1.54) is 17.8 Å². The van der Waals surface area contributed by atoms with Crippen molar-refractivity contribution in [1.29, 1.82) is 0 Å². The first kappa shape index (κ1) is 13.5. The van der Waals surface area contributed by atoms with Gasteiger partial charge in [0.2, 0.25) is 5.95 Å². The number of aromatic amines is 1. The van der Waals surface area contributed by atoms with Crippen molar-refractivity contribution in [2.45, 2.75) is 31.0 Å². The molecule has 0 bridgehead atoms. The van der Waals surface area contributed by atoms with E-state index in [9.17, 15) is 4.79 Å². The Hall–Kier alpha value is -1.89. The van der Waals surface area contributed by atoms with E-state index >= 15 is 0 Å².